The quantitative estimate of drug-likeness (QED) is 0.710. The van der Waals surface area contributed by atoms with E-state index in [2.05, 4.69) is 10.2 Å². The molecule has 72 valence electrons. The lowest BCUT2D eigenvalue weighted by Gasteiger charge is -2.14. The monoisotopic (exact) mass is 180 g/mol. The van der Waals surface area contributed by atoms with E-state index in [4.69, 9.17) is 4.74 Å². The lowest BCUT2D eigenvalue weighted by molar-refractivity contribution is 0.176. The molecule has 2 rings (SSSR count). The van der Waals surface area contributed by atoms with E-state index in [-0.39, 0.29) is 0 Å². The van der Waals surface area contributed by atoms with Crippen LogP contribution >= 0.6 is 0 Å². The molecule has 0 amide bonds. The predicted molar refractivity (Wildman–Crippen MR) is 50.7 cm³/mol. The van der Waals surface area contributed by atoms with Gasteiger partial charge in [-0.05, 0) is 25.7 Å². The average Bonchev–Trinajstić information content (AvgIpc) is 2.49. The lowest BCUT2D eigenvalue weighted by Crippen LogP contribution is -2.15. The first-order valence-electron chi connectivity index (χ1n) is 5.11. The van der Waals surface area contributed by atoms with Crippen molar-refractivity contribution in [3.8, 4) is 5.88 Å². The summed E-state index contributed by atoms with van der Waals surface area (Å²) in [7, 11) is 0. The van der Waals surface area contributed by atoms with E-state index in [1.807, 2.05) is 6.07 Å². The van der Waals surface area contributed by atoms with Gasteiger partial charge >= 0.3 is 0 Å². The van der Waals surface area contributed by atoms with Crippen LogP contribution in [0.5, 0.6) is 5.88 Å². The van der Waals surface area contributed by atoms with Crippen LogP contribution in [-0.2, 0) is 0 Å². The molecule has 0 bridgehead atoms. The van der Waals surface area contributed by atoms with Crippen LogP contribution in [-0.4, -0.2) is 16.3 Å². The maximum Gasteiger partial charge on any atom is 0.209 e. The normalized spacial score (nSPS) is 19.7. The summed E-state index contributed by atoms with van der Waals surface area (Å²) in [6, 6.07) is 1.88. The predicted octanol–water partition coefficient (Wildman–Crippen LogP) is 2.51. The minimum absolute atomic E-state index is 0.406. The van der Waals surface area contributed by atoms with Crippen molar-refractivity contribution in [2.45, 2.75) is 44.6 Å². The molecule has 1 aromatic rings. The Bertz CT molecular complexity index is 225. The molecule has 3 heteroatoms. The second kappa shape index (κ2) is 4.30. The van der Waals surface area contributed by atoms with Crippen LogP contribution in [0.1, 0.15) is 38.5 Å². The highest BCUT2D eigenvalue weighted by atomic mass is 16.5. The molecule has 1 aromatic heterocycles. The van der Waals surface area contributed by atoms with Crippen molar-refractivity contribution in [2.24, 2.45) is 0 Å². The summed E-state index contributed by atoms with van der Waals surface area (Å²) in [6.07, 6.45) is 9.86. The van der Waals surface area contributed by atoms with Crippen molar-refractivity contribution in [2.75, 3.05) is 0 Å². The van der Waals surface area contributed by atoms with Crippen molar-refractivity contribution < 1.29 is 4.74 Å². The van der Waals surface area contributed by atoms with Gasteiger partial charge in [0.1, 0.15) is 6.10 Å². The minimum atomic E-state index is 0.406. The Morgan fingerprint density at radius 3 is 2.62 bits per heavy atom. The van der Waals surface area contributed by atoms with Gasteiger partial charge in [-0.1, -0.05) is 12.8 Å². The zero-order chi connectivity index (χ0) is 8.93. The SMILES string of the molecule is c1cc(OC2CCCCCC2)[nH]n1. The maximum absolute atomic E-state index is 5.76. The Morgan fingerprint density at radius 1 is 1.23 bits per heavy atom. The highest BCUT2D eigenvalue weighted by Crippen LogP contribution is 2.21. The van der Waals surface area contributed by atoms with Gasteiger partial charge in [-0.3, -0.25) is 0 Å². The Balaban J connectivity index is 1.86. The van der Waals surface area contributed by atoms with Crippen LogP contribution in [0, 0.1) is 0 Å². The van der Waals surface area contributed by atoms with Crippen molar-refractivity contribution in [1.29, 1.82) is 0 Å². The topological polar surface area (TPSA) is 37.9 Å². The Morgan fingerprint density at radius 2 is 2.00 bits per heavy atom. The molecule has 0 radical (unpaired) electrons. The van der Waals surface area contributed by atoms with Crippen LogP contribution in [0.15, 0.2) is 12.3 Å². The first kappa shape index (κ1) is 8.60. The second-order valence-corrected chi connectivity index (χ2v) is 3.65. The van der Waals surface area contributed by atoms with E-state index in [0.29, 0.717) is 6.10 Å². The van der Waals surface area contributed by atoms with Crippen LogP contribution in [0.2, 0.25) is 0 Å². The summed E-state index contributed by atoms with van der Waals surface area (Å²) in [4.78, 5) is 0. The number of nitrogens with one attached hydrogen (secondary N) is 1. The Labute approximate surface area is 78.5 Å². The molecule has 13 heavy (non-hydrogen) atoms. The Hall–Kier alpha value is -0.990. The molecule has 1 N–H and O–H groups in total. The van der Waals surface area contributed by atoms with E-state index in [1.165, 1.54) is 38.5 Å². The number of hydrogen-bond donors (Lipinski definition) is 1. The first-order chi connectivity index (χ1) is 6.45. The van der Waals surface area contributed by atoms with Crippen molar-refractivity contribution in [3.63, 3.8) is 0 Å². The van der Waals surface area contributed by atoms with E-state index < -0.39 is 0 Å². The number of hydrogen-bond acceptors (Lipinski definition) is 2. The molecule has 1 aliphatic rings. The number of aromatic amines is 1. The van der Waals surface area contributed by atoms with Gasteiger partial charge in [0.05, 0.1) is 6.20 Å². The van der Waals surface area contributed by atoms with Gasteiger partial charge in [-0.15, -0.1) is 0 Å². The molecular weight excluding hydrogens is 164 g/mol. The zero-order valence-electron chi connectivity index (χ0n) is 7.83. The summed E-state index contributed by atoms with van der Waals surface area (Å²) in [5, 5.41) is 6.69. The fourth-order valence-electron chi connectivity index (χ4n) is 1.85. The summed E-state index contributed by atoms with van der Waals surface area (Å²) in [5.41, 5.74) is 0. The van der Waals surface area contributed by atoms with E-state index in [0.717, 1.165) is 5.88 Å². The van der Waals surface area contributed by atoms with Gasteiger partial charge in [-0.2, -0.15) is 5.10 Å². The third-order valence-electron chi connectivity index (χ3n) is 2.57. The zero-order valence-corrected chi connectivity index (χ0v) is 7.83. The molecule has 1 heterocycles. The molecule has 1 saturated carbocycles. The smallest absolute Gasteiger partial charge is 0.209 e. The molecule has 0 saturated heterocycles. The molecule has 0 aliphatic heterocycles. The number of H-pyrrole nitrogens is 1. The Kier molecular flexibility index (Phi) is 2.85. The van der Waals surface area contributed by atoms with Crippen molar-refractivity contribution in [3.05, 3.63) is 12.3 Å². The fraction of sp³-hybridized carbons (Fsp3) is 0.700. The fourth-order valence-corrected chi connectivity index (χ4v) is 1.85. The van der Waals surface area contributed by atoms with Crippen molar-refractivity contribution in [1.82, 2.24) is 10.2 Å². The molecule has 3 nitrogen and oxygen atoms in total. The van der Waals surface area contributed by atoms with Gasteiger partial charge < -0.3 is 4.74 Å². The van der Waals surface area contributed by atoms with E-state index in [1.54, 1.807) is 6.20 Å². The molecule has 0 unspecified atom stereocenters. The lowest BCUT2D eigenvalue weighted by atomic mass is 10.1. The summed E-state index contributed by atoms with van der Waals surface area (Å²) < 4.78 is 5.76. The number of rotatable bonds is 2. The number of ether oxygens (including phenoxy) is 1. The highest BCUT2D eigenvalue weighted by Gasteiger charge is 2.13. The number of aromatic nitrogens is 2. The van der Waals surface area contributed by atoms with E-state index >= 15 is 0 Å². The molecule has 0 aromatic carbocycles. The number of nitrogens with zero attached hydrogens (tertiary/aromatic N) is 1. The average molecular weight is 180 g/mol. The summed E-state index contributed by atoms with van der Waals surface area (Å²) in [6.45, 7) is 0. The minimum Gasteiger partial charge on any atom is -0.475 e. The largest absolute Gasteiger partial charge is 0.475 e. The molecule has 1 aliphatic carbocycles. The van der Waals surface area contributed by atoms with Gasteiger partial charge in [0, 0.05) is 6.07 Å². The molecule has 0 spiro atoms. The van der Waals surface area contributed by atoms with Crippen molar-refractivity contribution >= 4 is 0 Å². The third-order valence-corrected chi connectivity index (χ3v) is 2.57. The second-order valence-electron chi connectivity index (χ2n) is 3.65. The van der Waals surface area contributed by atoms with Gasteiger partial charge in [0.2, 0.25) is 5.88 Å². The van der Waals surface area contributed by atoms with E-state index in [9.17, 15) is 0 Å². The van der Waals surface area contributed by atoms with Gasteiger partial charge in [-0.25, -0.2) is 5.10 Å². The standard InChI is InChI=1S/C10H16N2O/c1-2-4-6-9(5-3-1)13-10-7-8-11-12-10/h7-9H,1-6H2,(H,11,12). The summed E-state index contributed by atoms with van der Waals surface area (Å²) >= 11 is 0. The van der Waals surface area contributed by atoms with Crippen LogP contribution in [0.3, 0.4) is 0 Å². The van der Waals surface area contributed by atoms with Gasteiger partial charge in [0.15, 0.2) is 0 Å². The molecule has 1 fully saturated rings. The molecule has 0 atom stereocenters. The third kappa shape index (κ3) is 2.47. The van der Waals surface area contributed by atoms with Crippen LogP contribution in [0.25, 0.3) is 0 Å². The summed E-state index contributed by atoms with van der Waals surface area (Å²) in [5.74, 6) is 0.812. The van der Waals surface area contributed by atoms with Gasteiger partial charge in [0.25, 0.3) is 0 Å². The first-order valence-corrected chi connectivity index (χ1v) is 5.11. The molecular formula is C10H16N2O. The van der Waals surface area contributed by atoms with Crippen LogP contribution in [0.4, 0.5) is 0 Å². The van der Waals surface area contributed by atoms with Crippen LogP contribution < -0.4 is 4.74 Å². The highest BCUT2D eigenvalue weighted by molar-refractivity contribution is 5.04. The maximum atomic E-state index is 5.76.